The molecule has 1 aromatic heterocycles. The van der Waals surface area contributed by atoms with E-state index in [9.17, 15) is 13.5 Å². The standard InChI is InChI=1S/C10H14O3S2/c11-10(6-9-2-1-4-14-9)8-3-5-15(12,13)7-8/h1-2,4,8,10-11H,3,5-7H2. The number of thiophene rings is 1. The second kappa shape index (κ2) is 4.23. The lowest BCUT2D eigenvalue weighted by Gasteiger charge is -2.15. The van der Waals surface area contributed by atoms with E-state index in [0.29, 0.717) is 12.8 Å². The van der Waals surface area contributed by atoms with Crippen molar-refractivity contribution < 1.29 is 13.5 Å². The molecule has 2 atom stereocenters. The molecule has 1 aliphatic heterocycles. The largest absolute Gasteiger partial charge is 0.392 e. The van der Waals surface area contributed by atoms with E-state index in [-0.39, 0.29) is 17.4 Å². The molecule has 1 fully saturated rings. The van der Waals surface area contributed by atoms with Gasteiger partial charge in [0.15, 0.2) is 9.84 Å². The Morgan fingerprint density at radius 2 is 2.40 bits per heavy atom. The molecule has 2 unspecified atom stereocenters. The fourth-order valence-corrected chi connectivity index (χ4v) is 4.55. The van der Waals surface area contributed by atoms with Crippen LogP contribution in [-0.4, -0.2) is 31.1 Å². The van der Waals surface area contributed by atoms with Crippen LogP contribution in [0.15, 0.2) is 17.5 Å². The van der Waals surface area contributed by atoms with Crippen LogP contribution in [0.25, 0.3) is 0 Å². The van der Waals surface area contributed by atoms with E-state index in [4.69, 9.17) is 0 Å². The van der Waals surface area contributed by atoms with E-state index in [1.807, 2.05) is 17.5 Å². The number of hydrogen-bond acceptors (Lipinski definition) is 4. The maximum absolute atomic E-state index is 11.2. The predicted molar refractivity (Wildman–Crippen MR) is 60.8 cm³/mol. The molecule has 84 valence electrons. The van der Waals surface area contributed by atoms with Gasteiger partial charge in [-0.05, 0) is 17.9 Å². The van der Waals surface area contributed by atoms with Crippen molar-refractivity contribution in [3.05, 3.63) is 22.4 Å². The molecule has 0 amide bonds. The Labute approximate surface area is 93.7 Å². The maximum atomic E-state index is 11.2. The van der Waals surface area contributed by atoms with Crippen LogP contribution in [0.3, 0.4) is 0 Å². The Bertz CT molecular complexity index is 408. The van der Waals surface area contributed by atoms with Crippen LogP contribution in [-0.2, 0) is 16.3 Å². The van der Waals surface area contributed by atoms with E-state index < -0.39 is 15.9 Å². The van der Waals surface area contributed by atoms with Gasteiger partial charge in [-0.2, -0.15) is 0 Å². The first kappa shape index (κ1) is 11.1. The van der Waals surface area contributed by atoms with Gasteiger partial charge in [-0.3, -0.25) is 0 Å². The van der Waals surface area contributed by atoms with Crippen molar-refractivity contribution in [1.29, 1.82) is 0 Å². The number of rotatable bonds is 3. The Hall–Kier alpha value is -0.390. The molecule has 15 heavy (non-hydrogen) atoms. The van der Waals surface area contributed by atoms with Crippen LogP contribution in [0, 0.1) is 5.92 Å². The third-order valence-electron chi connectivity index (χ3n) is 2.80. The predicted octanol–water partition coefficient (Wildman–Crippen LogP) is 1.09. The number of hydrogen-bond donors (Lipinski definition) is 1. The first-order valence-electron chi connectivity index (χ1n) is 4.98. The van der Waals surface area contributed by atoms with E-state index in [0.717, 1.165) is 4.88 Å². The molecule has 0 aromatic carbocycles. The Morgan fingerprint density at radius 1 is 1.60 bits per heavy atom. The van der Waals surface area contributed by atoms with E-state index in [1.54, 1.807) is 11.3 Å². The van der Waals surface area contributed by atoms with E-state index >= 15 is 0 Å². The zero-order valence-corrected chi connectivity index (χ0v) is 9.93. The molecular formula is C10H14O3S2. The lowest BCUT2D eigenvalue weighted by Crippen LogP contribution is -2.23. The fraction of sp³-hybridized carbons (Fsp3) is 0.600. The SMILES string of the molecule is O=S1(=O)CCC(C(O)Cc2cccs2)C1. The van der Waals surface area contributed by atoms with Gasteiger partial charge in [-0.1, -0.05) is 6.07 Å². The minimum absolute atomic E-state index is 0.0721. The summed E-state index contributed by atoms with van der Waals surface area (Å²) in [5.74, 6) is 0.315. The van der Waals surface area contributed by atoms with Crippen LogP contribution in [0.1, 0.15) is 11.3 Å². The summed E-state index contributed by atoms with van der Waals surface area (Å²) < 4.78 is 22.5. The zero-order valence-electron chi connectivity index (χ0n) is 8.30. The second-order valence-corrected chi connectivity index (χ2v) is 7.27. The molecular weight excluding hydrogens is 232 g/mol. The average molecular weight is 246 g/mol. The molecule has 0 aliphatic carbocycles. The van der Waals surface area contributed by atoms with Crippen molar-refractivity contribution in [2.24, 2.45) is 5.92 Å². The van der Waals surface area contributed by atoms with Gasteiger partial charge in [0.1, 0.15) is 0 Å². The molecule has 0 radical (unpaired) electrons. The third kappa shape index (κ3) is 2.80. The lowest BCUT2D eigenvalue weighted by atomic mass is 9.99. The summed E-state index contributed by atoms with van der Waals surface area (Å²) in [6.45, 7) is 0. The van der Waals surface area contributed by atoms with Gasteiger partial charge in [0, 0.05) is 17.2 Å². The number of aliphatic hydroxyl groups excluding tert-OH is 1. The molecule has 1 aliphatic rings. The first-order chi connectivity index (χ1) is 7.07. The zero-order chi connectivity index (χ0) is 10.9. The summed E-state index contributed by atoms with van der Waals surface area (Å²) in [5, 5.41) is 11.9. The third-order valence-corrected chi connectivity index (χ3v) is 5.49. The molecule has 2 rings (SSSR count). The van der Waals surface area contributed by atoms with Gasteiger partial charge in [0.05, 0.1) is 17.6 Å². The highest BCUT2D eigenvalue weighted by Gasteiger charge is 2.32. The van der Waals surface area contributed by atoms with Crippen LogP contribution < -0.4 is 0 Å². The Kier molecular flexibility index (Phi) is 3.13. The molecule has 1 aromatic rings. The van der Waals surface area contributed by atoms with Crippen molar-refractivity contribution in [1.82, 2.24) is 0 Å². The summed E-state index contributed by atoms with van der Waals surface area (Å²) in [6, 6.07) is 3.91. The van der Waals surface area contributed by atoms with Crippen molar-refractivity contribution in [3.8, 4) is 0 Å². The number of aliphatic hydroxyl groups is 1. The van der Waals surface area contributed by atoms with Crippen LogP contribution in [0.5, 0.6) is 0 Å². The van der Waals surface area contributed by atoms with Crippen molar-refractivity contribution in [2.75, 3.05) is 11.5 Å². The van der Waals surface area contributed by atoms with Crippen molar-refractivity contribution in [2.45, 2.75) is 18.9 Å². The van der Waals surface area contributed by atoms with E-state index in [1.165, 1.54) is 0 Å². The monoisotopic (exact) mass is 246 g/mol. The molecule has 2 heterocycles. The summed E-state index contributed by atoms with van der Waals surface area (Å²) in [6.07, 6.45) is 0.674. The maximum Gasteiger partial charge on any atom is 0.150 e. The molecule has 3 nitrogen and oxygen atoms in total. The average Bonchev–Trinajstić information content (AvgIpc) is 2.74. The molecule has 0 bridgehead atoms. The second-order valence-electron chi connectivity index (χ2n) is 4.01. The lowest BCUT2D eigenvalue weighted by molar-refractivity contribution is 0.121. The first-order valence-corrected chi connectivity index (χ1v) is 7.68. The van der Waals surface area contributed by atoms with Crippen LogP contribution >= 0.6 is 11.3 Å². The van der Waals surface area contributed by atoms with Crippen LogP contribution in [0.2, 0.25) is 0 Å². The fourth-order valence-electron chi connectivity index (χ4n) is 1.93. The van der Waals surface area contributed by atoms with Gasteiger partial charge >= 0.3 is 0 Å². The summed E-state index contributed by atoms with van der Waals surface area (Å²) >= 11 is 1.60. The van der Waals surface area contributed by atoms with Crippen molar-refractivity contribution >= 4 is 21.2 Å². The Balaban J connectivity index is 1.95. The summed E-state index contributed by atoms with van der Waals surface area (Å²) in [5.41, 5.74) is 0. The van der Waals surface area contributed by atoms with Crippen molar-refractivity contribution in [3.63, 3.8) is 0 Å². The molecule has 0 spiro atoms. The molecule has 1 N–H and O–H groups in total. The molecule has 0 saturated carbocycles. The van der Waals surface area contributed by atoms with Gasteiger partial charge in [0.25, 0.3) is 0 Å². The summed E-state index contributed by atoms with van der Waals surface area (Å²) in [4.78, 5) is 1.12. The highest BCUT2D eigenvalue weighted by molar-refractivity contribution is 7.91. The minimum atomic E-state index is -2.88. The van der Waals surface area contributed by atoms with Gasteiger partial charge in [-0.15, -0.1) is 11.3 Å². The minimum Gasteiger partial charge on any atom is -0.392 e. The Morgan fingerprint density at radius 3 is 2.93 bits per heavy atom. The highest BCUT2D eigenvalue weighted by atomic mass is 32.2. The smallest absolute Gasteiger partial charge is 0.150 e. The van der Waals surface area contributed by atoms with Gasteiger partial charge < -0.3 is 5.11 Å². The molecule has 1 saturated heterocycles. The van der Waals surface area contributed by atoms with Gasteiger partial charge in [0.2, 0.25) is 0 Å². The van der Waals surface area contributed by atoms with Gasteiger partial charge in [-0.25, -0.2) is 8.42 Å². The topological polar surface area (TPSA) is 54.4 Å². The highest BCUT2D eigenvalue weighted by Crippen LogP contribution is 2.24. The quantitative estimate of drug-likeness (QED) is 0.868. The normalized spacial score (nSPS) is 26.6. The number of sulfone groups is 1. The molecule has 5 heteroatoms. The van der Waals surface area contributed by atoms with Crippen LogP contribution in [0.4, 0.5) is 0 Å². The van der Waals surface area contributed by atoms with E-state index in [2.05, 4.69) is 0 Å². The summed E-state index contributed by atoms with van der Waals surface area (Å²) in [7, 11) is -2.88.